The minimum atomic E-state index is -1.15. The highest BCUT2D eigenvalue weighted by Crippen LogP contribution is 2.27. The second-order valence-corrected chi connectivity index (χ2v) is 4.13. The summed E-state index contributed by atoms with van der Waals surface area (Å²) in [5.74, 6) is -0.608. The maximum Gasteiger partial charge on any atom is 0.356 e. The average Bonchev–Trinajstić information content (AvgIpc) is 2.28. The van der Waals surface area contributed by atoms with Crippen LogP contribution in [0.15, 0.2) is 30.6 Å². The Hall–Kier alpha value is -1.85. The molecule has 0 amide bonds. The molecule has 2 aromatic rings. The number of carbonyl (C=O) groups is 1. The fourth-order valence-electron chi connectivity index (χ4n) is 1.19. The summed E-state index contributed by atoms with van der Waals surface area (Å²) >= 11 is 11.6. The van der Waals surface area contributed by atoms with Crippen LogP contribution in [0.1, 0.15) is 10.5 Å². The van der Waals surface area contributed by atoms with E-state index in [1.807, 2.05) is 0 Å². The van der Waals surface area contributed by atoms with E-state index >= 15 is 0 Å². The van der Waals surface area contributed by atoms with Crippen molar-refractivity contribution in [3.8, 4) is 11.6 Å². The molecule has 0 aliphatic carbocycles. The number of benzene rings is 1. The van der Waals surface area contributed by atoms with E-state index in [1.54, 1.807) is 18.2 Å². The van der Waals surface area contributed by atoms with Crippen LogP contribution in [0.3, 0.4) is 0 Å². The van der Waals surface area contributed by atoms with Crippen molar-refractivity contribution in [2.24, 2.45) is 0 Å². The van der Waals surface area contributed by atoms with Gasteiger partial charge in [0.05, 0.1) is 12.4 Å². The van der Waals surface area contributed by atoms with E-state index < -0.39 is 5.97 Å². The second kappa shape index (κ2) is 5.20. The van der Waals surface area contributed by atoms with Gasteiger partial charge in [-0.2, -0.15) is 0 Å². The topological polar surface area (TPSA) is 72.3 Å². The number of hydrogen-bond acceptors (Lipinski definition) is 4. The third-order valence-corrected chi connectivity index (χ3v) is 2.34. The summed E-state index contributed by atoms with van der Waals surface area (Å²) in [7, 11) is 0. The van der Waals surface area contributed by atoms with Crippen molar-refractivity contribution in [1.82, 2.24) is 9.97 Å². The Kier molecular flexibility index (Phi) is 3.64. The molecule has 1 aromatic heterocycles. The molecule has 92 valence electrons. The van der Waals surface area contributed by atoms with E-state index in [0.717, 1.165) is 6.20 Å². The van der Waals surface area contributed by atoms with Crippen molar-refractivity contribution in [2.45, 2.75) is 0 Å². The maximum absolute atomic E-state index is 10.6. The summed E-state index contributed by atoms with van der Waals surface area (Å²) < 4.78 is 5.34. The lowest BCUT2D eigenvalue weighted by Crippen LogP contribution is -2.01. The van der Waals surface area contributed by atoms with Gasteiger partial charge >= 0.3 is 5.97 Å². The molecule has 18 heavy (non-hydrogen) atoms. The number of rotatable bonds is 3. The summed E-state index contributed by atoms with van der Waals surface area (Å²) in [4.78, 5) is 18.1. The van der Waals surface area contributed by atoms with Gasteiger partial charge in [-0.05, 0) is 18.2 Å². The molecule has 0 atom stereocenters. The number of carboxylic acids is 1. The standard InChI is InChI=1S/C11H6Cl2N2O3/c12-6-1-7(13)3-8(2-6)18-10-5-14-9(4-15-10)11(16)17/h1-5H,(H,16,17). The zero-order chi connectivity index (χ0) is 13.1. The van der Waals surface area contributed by atoms with E-state index in [4.69, 9.17) is 33.0 Å². The molecule has 0 bridgehead atoms. The first-order valence-electron chi connectivity index (χ1n) is 4.74. The quantitative estimate of drug-likeness (QED) is 0.936. The van der Waals surface area contributed by atoms with Crippen LogP contribution in [-0.2, 0) is 0 Å². The van der Waals surface area contributed by atoms with Gasteiger partial charge in [0.15, 0.2) is 5.69 Å². The van der Waals surface area contributed by atoms with Crippen LogP contribution in [0.5, 0.6) is 11.6 Å². The van der Waals surface area contributed by atoms with Gasteiger partial charge in [-0.25, -0.2) is 14.8 Å². The van der Waals surface area contributed by atoms with Gasteiger partial charge in [0.25, 0.3) is 0 Å². The number of aromatic carboxylic acids is 1. The third-order valence-electron chi connectivity index (χ3n) is 1.91. The molecule has 7 heteroatoms. The van der Waals surface area contributed by atoms with E-state index in [0.29, 0.717) is 15.8 Å². The Bertz CT molecular complexity index is 567. The van der Waals surface area contributed by atoms with Crippen molar-refractivity contribution in [2.75, 3.05) is 0 Å². The number of nitrogens with zero attached hydrogens (tertiary/aromatic N) is 2. The number of ether oxygens (including phenoxy) is 1. The minimum absolute atomic E-state index is 0.151. The zero-order valence-electron chi connectivity index (χ0n) is 8.80. The first kappa shape index (κ1) is 12.6. The van der Waals surface area contributed by atoms with Crippen LogP contribution < -0.4 is 4.74 Å². The van der Waals surface area contributed by atoms with Crippen molar-refractivity contribution in [1.29, 1.82) is 0 Å². The van der Waals surface area contributed by atoms with Crippen molar-refractivity contribution >= 4 is 29.2 Å². The monoisotopic (exact) mass is 284 g/mol. The number of hydrogen-bond donors (Lipinski definition) is 1. The number of halogens is 2. The molecule has 0 saturated heterocycles. The lowest BCUT2D eigenvalue weighted by atomic mass is 10.3. The Morgan fingerprint density at radius 1 is 1.11 bits per heavy atom. The van der Waals surface area contributed by atoms with E-state index in [1.165, 1.54) is 6.20 Å². The van der Waals surface area contributed by atoms with E-state index in [-0.39, 0.29) is 11.6 Å². The van der Waals surface area contributed by atoms with Crippen molar-refractivity contribution in [3.05, 3.63) is 46.3 Å². The smallest absolute Gasteiger partial charge is 0.356 e. The van der Waals surface area contributed by atoms with Crippen LogP contribution >= 0.6 is 23.2 Å². The highest BCUT2D eigenvalue weighted by atomic mass is 35.5. The molecule has 0 radical (unpaired) electrons. The van der Waals surface area contributed by atoms with E-state index in [2.05, 4.69) is 9.97 Å². The largest absolute Gasteiger partial charge is 0.476 e. The SMILES string of the molecule is O=C(O)c1cnc(Oc2cc(Cl)cc(Cl)c2)cn1. The first-order chi connectivity index (χ1) is 8.54. The minimum Gasteiger partial charge on any atom is -0.476 e. The molecule has 0 unspecified atom stereocenters. The van der Waals surface area contributed by atoms with Gasteiger partial charge in [0.2, 0.25) is 5.88 Å². The summed E-state index contributed by atoms with van der Waals surface area (Å²) in [6, 6.07) is 4.68. The lowest BCUT2D eigenvalue weighted by molar-refractivity contribution is 0.0690. The Morgan fingerprint density at radius 3 is 2.28 bits per heavy atom. The van der Waals surface area contributed by atoms with Gasteiger partial charge in [-0.15, -0.1) is 0 Å². The average molecular weight is 285 g/mol. The van der Waals surface area contributed by atoms with Crippen LogP contribution in [0.2, 0.25) is 10.0 Å². The molecule has 0 spiro atoms. The molecular weight excluding hydrogens is 279 g/mol. The summed E-state index contributed by atoms with van der Waals surface area (Å²) in [5.41, 5.74) is -0.161. The van der Waals surface area contributed by atoms with Gasteiger partial charge in [-0.1, -0.05) is 23.2 Å². The predicted octanol–water partition coefficient (Wildman–Crippen LogP) is 3.27. The molecule has 2 rings (SSSR count). The fraction of sp³-hybridized carbons (Fsp3) is 0. The van der Waals surface area contributed by atoms with Crippen LogP contribution in [0.25, 0.3) is 0 Å². The molecule has 0 aliphatic heterocycles. The van der Waals surface area contributed by atoms with Gasteiger partial charge < -0.3 is 9.84 Å². The van der Waals surface area contributed by atoms with Crippen molar-refractivity contribution in [3.63, 3.8) is 0 Å². The molecule has 0 saturated carbocycles. The third kappa shape index (κ3) is 3.09. The number of carboxylic acid groups (broad SMARTS) is 1. The van der Waals surface area contributed by atoms with E-state index in [9.17, 15) is 4.79 Å². The predicted molar refractivity (Wildman–Crippen MR) is 65.5 cm³/mol. The highest BCUT2D eigenvalue weighted by molar-refractivity contribution is 6.34. The maximum atomic E-state index is 10.6. The van der Waals surface area contributed by atoms with Crippen LogP contribution in [0.4, 0.5) is 0 Å². The van der Waals surface area contributed by atoms with Crippen LogP contribution in [0, 0.1) is 0 Å². The molecule has 0 aliphatic rings. The van der Waals surface area contributed by atoms with Gasteiger partial charge in [-0.3, -0.25) is 0 Å². The Morgan fingerprint density at radius 2 is 1.78 bits per heavy atom. The second-order valence-electron chi connectivity index (χ2n) is 3.25. The molecule has 5 nitrogen and oxygen atoms in total. The van der Waals surface area contributed by atoms with Crippen molar-refractivity contribution < 1.29 is 14.6 Å². The van der Waals surface area contributed by atoms with Crippen LogP contribution in [-0.4, -0.2) is 21.0 Å². The molecular formula is C11H6Cl2N2O3. The highest BCUT2D eigenvalue weighted by Gasteiger charge is 2.06. The normalized spacial score (nSPS) is 10.1. The first-order valence-corrected chi connectivity index (χ1v) is 5.49. The fourth-order valence-corrected chi connectivity index (χ4v) is 1.69. The summed E-state index contributed by atoms with van der Waals surface area (Å²) in [6.45, 7) is 0. The lowest BCUT2D eigenvalue weighted by Gasteiger charge is -2.05. The molecule has 1 aromatic carbocycles. The Labute approximate surface area is 112 Å². The summed E-state index contributed by atoms with van der Waals surface area (Å²) in [5, 5.41) is 9.51. The van der Waals surface area contributed by atoms with Gasteiger partial charge in [0, 0.05) is 10.0 Å². The zero-order valence-corrected chi connectivity index (χ0v) is 10.3. The number of aromatic nitrogens is 2. The molecule has 1 heterocycles. The molecule has 0 fully saturated rings. The van der Waals surface area contributed by atoms with Gasteiger partial charge in [0.1, 0.15) is 5.75 Å². The Balaban J connectivity index is 2.20. The summed E-state index contributed by atoms with van der Waals surface area (Å²) in [6.07, 6.45) is 2.31. The molecule has 1 N–H and O–H groups in total.